The highest BCUT2D eigenvalue weighted by molar-refractivity contribution is 6.08. The van der Waals surface area contributed by atoms with Crippen LogP contribution in [-0.2, 0) is 11.3 Å². The maximum absolute atomic E-state index is 13.4. The van der Waals surface area contributed by atoms with Crippen LogP contribution in [0.4, 0.5) is 0 Å². The SMILES string of the molecule is CCOC(=O)c1c(CN(CC)CC)nc2cc(OC)c(OC)cc2c1-c1ccc(OC)c(OC)c1. The Morgan fingerprint density at radius 1 is 0.829 bits per heavy atom. The Kier molecular flexibility index (Phi) is 8.76. The Balaban J connectivity index is 2.47. The molecule has 35 heavy (non-hydrogen) atoms. The number of methoxy groups -OCH3 is 4. The summed E-state index contributed by atoms with van der Waals surface area (Å²) in [6.45, 7) is 8.33. The second-order valence-corrected chi connectivity index (χ2v) is 7.78. The third-order valence-electron chi connectivity index (χ3n) is 5.98. The average molecular weight is 483 g/mol. The van der Waals surface area contributed by atoms with Crippen LogP contribution in [0.3, 0.4) is 0 Å². The summed E-state index contributed by atoms with van der Waals surface area (Å²) in [5.74, 6) is 1.81. The van der Waals surface area contributed by atoms with E-state index >= 15 is 0 Å². The zero-order chi connectivity index (χ0) is 25.5. The molecule has 0 fully saturated rings. The summed E-state index contributed by atoms with van der Waals surface area (Å²) in [6, 6.07) is 9.25. The molecule has 0 radical (unpaired) electrons. The Morgan fingerprint density at radius 2 is 1.43 bits per heavy atom. The maximum atomic E-state index is 13.4. The molecule has 0 spiro atoms. The van der Waals surface area contributed by atoms with Gasteiger partial charge in [0.15, 0.2) is 23.0 Å². The number of esters is 1. The van der Waals surface area contributed by atoms with Gasteiger partial charge in [0.1, 0.15) is 0 Å². The van der Waals surface area contributed by atoms with Crippen LogP contribution in [0, 0.1) is 0 Å². The van der Waals surface area contributed by atoms with Crippen LogP contribution in [0.1, 0.15) is 36.8 Å². The first-order chi connectivity index (χ1) is 17.0. The number of pyridine rings is 1. The van der Waals surface area contributed by atoms with E-state index in [1.165, 1.54) is 0 Å². The van der Waals surface area contributed by atoms with Gasteiger partial charge < -0.3 is 23.7 Å². The Morgan fingerprint density at radius 3 is 2.00 bits per heavy atom. The van der Waals surface area contributed by atoms with E-state index in [9.17, 15) is 4.79 Å². The average Bonchev–Trinajstić information content (AvgIpc) is 2.89. The lowest BCUT2D eigenvalue weighted by molar-refractivity contribution is 0.0524. The van der Waals surface area contributed by atoms with E-state index in [0.29, 0.717) is 51.9 Å². The number of hydrogen-bond acceptors (Lipinski definition) is 8. The minimum atomic E-state index is -0.427. The predicted molar refractivity (Wildman–Crippen MR) is 136 cm³/mol. The molecule has 0 unspecified atom stereocenters. The largest absolute Gasteiger partial charge is 0.493 e. The van der Waals surface area contributed by atoms with E-state index in [0.717, 1.165) is 24.0 Å². The zero-order valence-electron chi connectivity index (χ0n) is 21.6. The van der Waals surface area contributed by atoms with E-state index in [4.69, 9.17) is 28.7 Å². The summed E-state index contributed by atoms with van der Waals surface area (Å²) < 4.78 is 27.6. The third kappa shape index (κ3) is 5.27. The molecule has 0 aliphatic rings. The highest BCUT2D eigenvalue weighted by Crippen LogP contribution is 2.42. The maximum Gasteiger partial charge on any atom is 0.340 e. The normalized spacial score (nSPS) is 11.0. The number of ether oxygens (including phenoxy) is 5. The lowest BCUT2D eigenvalue weighted by atomic mass is 9.93. The monoisotopic (exact) mass is 482 g/mol. The molecule has 0 atom stereocenters. The van der Waals surface area contributed by atoms with Gasteiger partial charge in [-0.05, 0) is 43.8 Å². The molecular formula is C27H34N2O6. The number of nitrogens with zero attached hydrogens (tertiary/aromatic N) is 2. The molecule has 8 nitrogen and oxygen atoms in total. The van der Waals surface area contributed by atoms with Crippen molar-refractivity contribution in [1.82, 2.24) is 9.88 Å². The molecule has 0 aliphatic heterocycles. The van der Waals surface area contributed by atoms with Crippen molar-refractivity contribution in [2.24, 2.45) is 0 Å². The number of carbonyl (C=O) groups is 1. The van der Waals surface area contributed by atoms with Crippen molar-refractivity contribution in [3.63, 3.8) is 0 Å². The number of carbonyl (C=O) groups excluding carboxylic acids is 1. The fourth-order valence-electron chi connectivity index (χ4n) is 4.13. The summed E-state index contributed by atoms with van der Waals surface area (Å²) in [6.07, 6.45) is 0. The van der Waals surface area contributed by atoms with Crippen LogP contribution in [0.15, 0.2) is 30.3 Å². The number of rotatable bonds is 11. The Labute approximate surface area is 206 Å². The standard InChI is InChI=1S/C27H34N2O6/c1-8-29(9-2)16-20-26(27(30)35-10-3)25(17-11-12-21(31-4)22(13-17)32-5)18-14-23(33-6)24(34-7)15-19(18)28-20/h11-15H,8-10,16H2,1-7H3. The predicted octanol–water partition coefficient (Wildman–Crippen LogP) is 4.95. The zero-order valence-corrected chi connectivity index (χ0v) is 21.6. The minimum absolute atomic E-state index is 0.249. The van der Waals surface area contributed by atoms with Crippen molar-refractivity contribution >= 4 is 16.9 Å². The molecule has 1 aromatic heterocycles. The molecule has 0 aliphatic carbocycles. The van der Waals surface area contributed by atoms with Crippen LogP contribution in [-0.4, -0.2) is 64.0 Å². The van der Waals surface area contributed by atoms with Crippen molar-refractivity contribution in [3.05, 3.63) is 41.6 Å². The van der Waals surface area contributed by atoms with Crippen molar-refractivity contribution in [1.29, 1.82) is 0 Å². The number of hydrogen-bond donors (Lipinski definition) is 0. The molecule has 0 bridgehead atoms. The van der Waals surface area contributed by atoms with Gasteiger partial charge in [0, 0.05) is 23.6 Å². The van der Waals surface area contributed by atoms with Crippen molar-refractivity contribution in [2.75, 3.05) is 48.1 Å². The molecule has 188 valence electrons. The Hall–Kier alpha value is -3.52. The summed E-state index contributed by atoms with van der Waals surface area (Å²) in [7, 11) is 6.33. The molecule has 0 N–H and O–H groups in total. The number of fused-ring (bicyclic) bond motifs is 1. The van der Waals surface area contributed by atoms with Gasteiger partial charge in [-0.1, -0.05) is 19.9 Å². The molecule has 8 heteroatoms. The molecule has 2 aromatic carbocycles. The highest BCUT2D eigenvalue weighted by atomic mass is 16.5. The molecule has 3 rings (SSSR count). The van der Waals surface area contributed by atoms with Crippen LogP contribution >= 0.6 is 0 Å². The first kappa shape index (κ1) is 26.1. The van der Waals surface area contributed by atoms with Crippen LogP contribution in [0.5, 0.6) is 23.0 Å². The van der Waals surface area contributed by atoms with Gasteiger partial charge in [-0.25, -0.2) is 4.79 Å². The van der Waals surface area contributed by atoms with Gasteiger partial charge in [0.25, 0.3) is 0 Å². The van der Waals surface area contributed by atoms with Crippen molar-refractivity contribution in [3.8, 4) is 34.1 Å². The van der Waals surface area contributed by atoms with E-state index in [2.05, 4.69) is 18.7 Å². The number of benzene rings is 2. The van der Waals surface area contributed by atoms with Gasteiger partial charge >= 0.3 is 5.97 Å². The molecular weight excluding hydrogens is 448 g/mol. The van der Waals surface area contributed by atoms with Gasteiger partial charge in [-0.2, -0.15) is 0 Å². The van der Waals surface area contributed by atoms with Gasteiger partial charge in [0.05, 0.1) is 51.8 Å². The lowest BCUT2D eigenvalue weighted by Crippen LogP contribution is -2.25. The molecule has 0 saturated heterocycles. The van der Waals surface area contributed by atoms with Crippen LogP contribution in [0.2, 0.25) is 0 Å². The minimum Gasteiger partial charge on any atom is -0.493 e. The van der Waals surface area contributed by atoms with Crippen molar-refractivity contribution < 1.29 is 28.5 Å². The van der Waals surface area contributed by atoms with E-state index in [-0.39, 0.29) is 6.61 Å². The molecule has 0 saturated carbocycles. The Bertz CT molecular complexity index is 1190. The fourth-order valence-corrected chi connectivity index (χ4v) is 4.13. The quantitative estimate of drug-likeness (QED) is 0.355. The smallest absolute Gasteiger partial charge is 0.340 e. The lowest BCUT2D eigenvalue weighted by Gasteiger charge is -2.22. The summed E-state index contributed by atoms with van der Waals surface area (Å²) in [5.41, 5.74) is 3.20. The van der Waals surface area contributed by atoms with Gasteiger partial charge in [-0.3, -0.25) is 9.88 Å². The summed E-state index contributed by atoms with van der Waals surface area (Å²) in [5, 5.41) is 0.737. The van der Waals surface area contributed by atoms with Crippen LogP contribution < -0.4 is 18.9 Å². The topological polar surface area (TPSA) is 79.4 Å². The van der Waals surface area contributed by atoms with Crippen LogP contribution in [0.25, 0.3) is 22.0 Å². The van der Waals surface area contributed by atoms with E-state index < -0.39 is 5.97 Å². The molecule has 1 heterocycles. The molecule has 3 aromatic rings. The second kappa shape index (κ2) is 11.8. The summed E-state index contributed by atoms with van der Waals surface area (Å²) in [4.78, 5) is 20.6. The van der Waals surface area contributed by atoms with E-state index in [1.807, 2.05) is 30.3 Å². The number of aromatic nitrogens is 1. The molecule has 0 amide bonds. The second-order valence-electron chi connectivity index (χ2n) is 7.78. The van der Waals surface area contributed by atoms with Crippen molar-refractivity contribution in [2.45, 2.75) is 27.3 Å². The van der Waals surface area contributed by atoms with Gasteiger partial charge in [-0.15, -0.1) is 0 Å². The first-order valence-corrected chi connectivity index (χ1v) is 11.7. The third-order valence-corrected chi connectivity index (χ3v) is 5.98. The van der Waals surface area contributed by atoms with Gasteiger partial charge in [0.2, 0.25) is 0 Å². The highest BCUT2D eigenvalue weighted by Gasteiger charge is 2.26. The summed E-state index contributed by atoms with van der Waals surface area (Å²) >= 11 is 0. The first-order valence-electron chi connectivity index (χ1n) is 11.7. The fraction of sp³-hybridized carbons (Fsp3) is 0.407. The van der Waals surface area contributed by atoms with E-state index in [1.54, 1.807) is 35.4 Å².